The molecule has 2 atom stereocenters. The molecule has 0 aliphatic carbocycles. The van der Waals surface area contributed by atoms with Gasteiger partial charge in [0.05, 0.1) is 4.90 Å². The van der Waals surface area contributed by atoms with Crippen LogP contribution >= 0.6 is 0 Å². The zero-order valence-corrected chi connectivity index (χ0v) is 15.8. The van der Waals surface area contributed by atoms with Gasteiger partial charge in [0.2, 0.25) is 10.0 Å². The molecular weight excluding hydrogens is 366 g/mol. The van der Waals surface area contributed by atoms with Gasteiger partial charge in [-0.15, -0.1) is 0 Å². The summed E-state index contributed by atoms with van der Waals surface area (Å²) in [4.78, 5) is 23.9. The standard InChI is InChI=1S/C19H21N3O4S/c1-20-19(24)14-5-7-16(8-6-14)27(25,26)21-10-13-9-15(12-21)17-3-2-4-18(23)22(17)11-13/h2-8,13,15H,9-12H2,1H3,(H,20,24). The van der Waals surface area contributed by atoms with Crippen molar-refractivity contribution in [2.24, 2.45) is 5.92 Å². The van der Waals surface area contributed by atoms with E-state index in [1.54, 1.807) is 16.7 Å². The summed E-state index contributed by atoms with van der Waals surface area (Å²) in [5.74, 6) is -0.115. The molecule has 1 amide bonds. The monoisotopic (exact) mass is 387 g/mol. The Morgan fingerprint density at radius 2 is 1.81 bits per heavy atom. The number of fused-ring (bicyclic) bond motifs is 4. The molecule has 2 aliphatic rings. The van der Waals surface area contributed by atoms with Crippen molar-refractivity contribution in [1.29, 1.82) is 0 Å². The molecule has 1 saturated heterocycles. The second kappa shape index (κ2) is 6.61. The Morgan fingerprint density at radius 3 is 2.52 bits per heavy atom. The molecule has 0 saturated carbocycles. The zero-order valence-electron chi connectivity index (χ0n) is 15.0. The van der Waals surface area contributed by atoms with Crippen molar-refractivity contribution < 1.29 is 13.2 Å². The van der Waals surface area contributed by atoms with Gasteiger partial charge in [-0.05, 0) is 42.7 Å². The number of carbonyl (C=O) groups excluding carboxylic acids is 1. The number of nitrogens with one attached hydrogen (secondary N) is 1. The van der Waals surface area contributed by atoms with Gasteiger partial charge in [0.15, 0.2) is 0 Å². The first-order valence-electron chi connectivity index (χ1n) is 8.92. The predicted molar refractivity (Wildman–Crippen MR) is 100 cm³/mol. The number of rotatable bonds is 3. The molecule has 1 aromatic carbocycles. The number of aromatic nitrogens is 1. The highest BCUT2D eigenvalue weighted by atomic mass is 32.2. The van der Waals surface area contributed by atoms with E-state index in [0.717, 1.165) is 12.1 Å². The average Bonchev–Trinajstić information content (AvgIpc) is 2.68. The van der Waals surface area contributed by atoms with Gasteiger partial charge in [0.1, 0.15) is 0 Å². The van der Waals surface area contributed by atoms with Crippen molar-refractivity contribution in [2.45, 2.75) is 23.8 Å². The van der Waals surface area contributed by atoms with E-state index in [2.05, 4.69) is 5.32 Å². The maximum absolute atomic E-state index is 13.1. The Hall–Kier alpha value is -2.45. The van der Waals surface area contributed by atoms with Crippen molar-refractivity contribution >= 4 is 15.9 Å². The minimum absolute atomic E-state index is 0.0197. The molecule has 1 N–H and O–H groups in total. The molecule has 0 spiro atoms. The third kappa shape index (κ3) is 3.08. The molecule has 2 bridgehead atoms. The van der Waals surface area contributed by atoms with Gasteiger partial charge < -0.3 is 9.88 Å². The lowest BCUT2D eigenvalue weighted by atomic mass is 9.84. The molecule has 3 heterocycles. The van der Waals surface area contributed by atoms with Gasteiger partial charge >= 0.3 is 0 Å². The number of pyridine rings is 1. The average molecular weight is 387 g/mol. The minimum Gasteiger partial charge on any atom is -0.355 e. The summed E-state index contributed by atoms with van der Waals surface area (Å²) in [5, 5.41) is 2.52. The lowest BCUT2D eigenvalue weighted by Crippen LogP contribution is -2.49. The van der Waals surface area contributed by atoms with Crippen LogP contribution in [0.25, 0.3) is 0 Å². The number of carbonyl (C=O) groups is 1. The number of sulfonamides is 1. The first-order chi connectivity index (χ1) is 12.9. The number of hydrogen-bond acceptors (Lipinski definition) is 4. The number of nitrogens with zero attached hydrogens (tertiary/aromatic N) is 2. The zero-order chi connectivity index (χ0) is 19.2. The van der Waals surface area contributed by atoms with E-state index < -0.39 is 10.0 Å². The van der Waals surface area contributed by atoms with Crippen LogP contribution in [0.4, 0.5) is 0 Å². The highest BCUT2D eigenvalue weighted by molar-refractivity contribution is 7.89. The Kier molecular flexibility index (Phi) is 4.39. The number of benzene rings is 1. The van der Waals surface area contributed by atoms with Crippen LogP contribution in [0.15, 0.2) is 52.2 Å². The first-order valence-corrected chi connectivity index (χ1v) is 10.4. The molecule has 1 aromatic heterocycles. The fourth-order valence-corrected chi connectivity index (χ4v) is 5.68. The van der Waals surface area contributed by atoms with E-state index in [9.17, 15) is 18.0 Å². The topological polar surface area (TPSA) is 88.5 Å². The van der Waals surface area contributed by atoms with Crippen LogP contribution in [0.1, 0.15) is 28.4 Å². The smallest absolute Gasteiger partial charge is 0.251 e. The lowest BCUT2D eigenvalue weighted by molar-refractivity contribution is 0.0963. The normalized spacial score (nSPS) is 22.1. The molecule has 142 valence electrons. The maximum Gasteiger partial charge on any atom is 0.251 e. The van der Waals surface area contributed by atoms with Crippen molar-refractivity contribution in [2.75, 3.05) is 20.1 Å². The van der Waals surface area contributed by atoms with Crippen LogP contribution in [-0.2, 0) is 16.6 Å². The number of piperidine rings is 1. The van der Waals surface area contributed by atoms with E-state index in [4.69, 9.17) is 0 Å². The fraction of sp³-hybridized carbons (Fsp3) is 0.368. The summed E-state index contributed by atoms with van der Waals surface area (Å²) in [6.07, 6.45) is 0.894. The lowest BCUT2D eigenvalue weighted by Gasteiger charge is -2.42. The van der Waals surface area contributed by atoms with Crippen molar-refractivity contribution in [3.05, 3.63) is 64.1 Å². The van der Waals surface area contributed by atoms with Gasteiger partial charge in [-0.2, -0.15) is 4.31 Å². The summed E-state index contributed by atoms with van der Waals surface area (Å²) < 4.78 is 29.5. The molecule has 0 radical (unpaired) electrons. The SMILES string of the molecule is CNC(=O)c1ccc(S(=O)(=O)N2CC3CC(C2)c2cccc(=O)n2C3)cc1. The molecule has 2 aromatic rings. The summed E-state index contributed by atoms with van der Waals surface area (Å²) in [6.45, 7) is 1.31. The van der Waals surface area contributed by atoms with Crippen molar-refractivity contribution in [1.82, 2.24) is 14.2 Å². The summed E-state index contributed by atoms with van der Waals surface area (Å²) in [6, 6.07) is 11.2. The van der Waals surface area contributed by atoms with Crippen molar-refractivity contribution in [3.8, 4) is 0 Å². The third-order valence-corrected chi connectivity index (χ3v) is 7.27. The Labute approximate surface area is 157 Å². The van der Waals surface area contributed by atoms with Crippen molar-refractivity contribution in [3.63, 3.8) is 0 Å². The Balaban J connectivity index is 1.63. The summed E-state index contributed by atoms with van der Waals surface area (Å²) in [7, 11) is -2.12. The molecule has 1 fully saturated rings. The van der Waals surface area contributed by atoms with Gasteiger partial charge in [-0.3, -0.25) is 9.59 Å². The molecule has 7 nitrogen and oxygen atoms in total. The summed E-state index contributed by atoms with van der Waals surface area (Å²) >= 11 is 0. The molecule has 2 aliphatic heterocycles. The largest absolute Gasteiger partial charge is 0.355 e. The molecular formula is C19H21N3O4S. The summed E-state index contributed by atoms with van der Waals surface area (Å²) in [5.41, 5.74) is 1.30. The van der Waals surface area contributed by atoms with Crippen LogP contribution in [0.2, 0.25) is 0 Å². The highest BCUT2D eigenvalue weighted by Gasteiger charge is 2.39. The van der Waals surface area contributed by atoms with Crippen LogP contribution < -0.4 is 10.9 Å². The van der Waals surface area contributed by atoms with Crippen LogP contribution in [0.3, 0.4) is 0 Å². The molecule has 2 unspecified atom stereocenters. The molecule has 27 heavy (non-hydrogen) atoms. The van der Waals surface area contributed by atoms with E-state index in [-0.39, 0.29) is 28.2 Å². The van der Waals surface area contributed by atoms with E-state index >= 15 is 0 Å². The number of amides is 1. The number of hydrogen-bond donors (Lipinski definition) is 1. The highest BCUT2D eigenvalue weighted by Crippen LogP contribution is 2.37. The predicted octanol–water partition coefficient (Wildman–Crippen LogP) is 1.02. The Bertz CT molecular complexity index is 1040. The maximum atomic E-state index is 13.1. The quantitative estimate of drug-likeness (QED) is 0.852. The first kappa shape index (κ1) is 17.9. The van der Waals surface area contributed by atoms with Crippen LogP contribution in [0.5, 0.6) is 0 Å². The Morgan fingerprint density at radius 1 is 1.07 bits per heavy atom. The minimum atomic E-state index is -3.65. The van der Waals surface area contributed by atoms with E-state index in [1.807, 2.05) is 6.07 Å². The van der Waals surface area contributed by atoms with Gasteiger partial charge in [-0.1, -0.05) is 6.07 Å². The molecule has 4 rings (SSSR count). The fourth-order valence-electron chi connectivity index (χ4n) is 4.12. The van der Waals surface area contributed by atoms with Gasteiger partial charge in [-0.25, -0.2) is 8.42 Å². The van der Waals surface area contributed by atoms with E-state index in [1.165, 1.54) is 35.6 Å². The molecule has 8 heteroatoms. The van der Waals surface area contributed by atoms with Crippen LogP contribution in [-0.4, -0.2) is 43.3 Å². The van der Waals surface area contributed by atoms with Gasteiger partial charge in [0.25, 0.3) is 11.5 Å². The van der Waals surface area contributed by atoms with Crippen LogP contribution in [0, 0.1) is 5.92 Å². The van der Waals surface area contributed by atoms with E-state index in [0.29, 0.717) is 25.2 Å². The third-order valence-electron chi connectivity index (χ3n) is 5.43. The van der Waals surface area contributed by atoms with Gasteiger partial charge in [0, 0.05) is 49.9 Å². The second-order valence-electron chi connectivity index (χ2n) is 7.12. The second-order valence-corrected chi connectivity index (χ2v) is 9.06.